The van der Waals surface area contributed by atoms with Gasteiger partial charge in [-0.25, -0.2) is 9.78 Å². The Morgan fingerprint density at radius 3 is 2.17 bits per heavy atom. The van der Waals surface area contributed by atoms with Gasteiger partial charge in [0.05, 0.1) is 17.6 Å². The molecule has 202 valence electrons. The largest absolute Gasteiger partial charge is 0.478 e. The van der Waals surface area contributed by atoms with Crippen LogP contribution in [0.4, 0.5) is 11.5 Å². The minimum absolute atomic E-state index is 0. The number of piperazine rings is 1. The molecule has 2 heterocycles. The van der Waals surface area contributed by atoms with Crippen molar-refractivity contribution in [2.75, 3.05) is 42.9 Å². The van der Waals surface area contributed by atoms with E-state index in [1.165, 1.54) is 0 Å². The Bertz CT molecular complexity index is 1040. The monoisotopic (exact) mass is 563 g/mol. The average Bonchev–Trinajstić information content (AvgIpc) is 2.72. The molecule has 0 saturated carbocycles. The number of carboxylic acids is 1. The number of fused-ring (bicyclic) bond motifs is 1. The van der Waals surface area contributed by atoms with E-state index in [2.05, 4.69) is 20.5 Å². The van der Waals surface area contributed by atoms with Crippen LogP contribution < -0.4 is 15.5 Å². The number of rotatable bonds is 8. The molecule has 1 aromatic carbocycles. The van der Waals surface area contributed by atoms with Crippen molar-refractivity contribution < 1.29 is 19.5 Å². The number of pyridine rings is 1. The van der Waals surface area contributed by atoms with Crippen molar-refractivity contribution in [1.29, 1.82) is 0 Å². The Labute approximate surface area is 230 Å². The standard InChI is InChI=1S/C24H33N5O4.3ClH/c1-15(2)11-22(30)26-17-5-6-20-18(12-17)19(24(32)33)13-21(27-20)29-9-7-28(8-10-29)14-23(31)25-16(3)4;;;/h5-6,12-13,15-16H,7-11,14H2,1-4H3,(H,25,31)(H,26,30)(H,32,33);3*1H. The number of aromatic nitrogens is 1. The fourth-order valence-corrected chi connectivity index (χ4v) is 3.92. The maximum absolute atomic E-state index is 12.1. The summed E-state index contributed by atoms with van der Waals surface area (Å²) in [6.07, 6.45) is 0.395. The summed E-state index contributed by atoms with van der Waals surface area (Å²) >= 11 is 0. The summed E-state index contributed by atoms with van der Waals surface area (Å²) < 4.78 is 0. The Morgan fingerprint density at radius 1 is 0.972 bits per heavy atom. The van der Waals surface area contributed by atoms with Crippen LogP contribution >= 0.6 is 37.2 Å². The number of carbonyl (C=O) groups is 3. The molecule has 3 rings (SSSR count). The van der Waals surface area contributed by atoms with Gasteiger partial charge in [-0.3, -0.25) is 14.5 Å². The van der Waals surface area contributed by atoms with E-state index in [1.807, 2.05) is 32.6 Å². The number of nitrogens with one attached hydrogen (secondary N) is 2. The lowest BCUT2D eigenvalue weighted by molar-refractivity contribution is -0.122. The molecule has 0 bridgehead atoms. The summed E-state index contributed by atoms with van der Waals surface area (Å²) in [6.45, 7) is 10.8. The van der Waals surface area contributed by atoms with E-state index in [0.29, 0.717) is 61.6 Å². The molecule has 1 fully saturated rings. The number of anilines is 2. The fourth-order valence-electron chi connectivity index (χ4n) is 3.92. The number of benzene rings is 1. The zero-order valence-electron chi connectivity index (χ0n) is 20.9. The minimum atomic E-state index is -1.04. The van der Waals surface area contributed by atoms with E-state index in [-0.39, 0.29) is 66.6 Å². The third-order valence-electron chi connectivity index (χ3n) is 5.42. The molecule has 9 nitrogen and oxygen atoms in total. The van der Waals surface area contributed by atoms with E-state index < -0.39 is 5.97 Å². The van der Waals surface area contributed by atoms with Crippen molar-refractivity contribution in [2.24, 2.45) is 5.92 Å². The lowest BCUT2D eigenvalue weighted by Crippen LogP contribution is -2.50. The first-order chi connectivity index (χ1) is 15.6. The van der Waals surface area contributed by atoms with Crippen LogP contribution in [0.1, 0.15) is 44.5 Å². The normalized spacial score (nSPS) is 13.4. The number of carbonyl (C=O) groups excluding carboxylic acids is 2. The van der Waals surface area contributed by atoms with Crippen molar-refractivity contribution >= 4 is 77.4 Å². The first-order valence-corrected chi connectivity index (χ1v) is 11.4. The van der Waals surface area contributed by atoms with E-state index in [0.717, 1.165) is 0 Å². The fraction of sp³-hybridized carbons (Fsp3) is 0.500. The van der Waals surface area contributed by atoms with Crippen molar-refractivity contribution in [2.45, 2.75) is 40.2 Å². The zero-order chi connectivity index (χ0) is 24.1. The third-order valence-corrected chi connectivity index (χ3v) is 5.42. The van der Waals surface area contributed by atoms with E-state index in [4.69, 9.17) is 0 Å². The van der Waals surface area contributed by atoms with Crippen LogP contribution in [0.5, 0.6) is 0 Å². The van der Waals surface area contributed by atoms with Gasteiger partial charge in [-0.2, -0.15) is 0 Å². The number of halogens is 3. The number of carboxylic acid groups (broad SMARTS) is 1. The topological polar surface area (TPSA) is 115 Å². The van der Waals surface area contributed by atoms with Gasteiger partial charge in [0.1, 0.15) is 5.82 Å². The van der Waals surface area contributed by atoms with Gasteiger partial charge in [0.25, 0.3) is 0 Å². The van der Waals surface area contributed by atoms with Crippen LogP contribution in [0, 0.1) is 5.92 Å². The van der Waals surface area contributed by atoms with E-state index >= 15 is 0 Å². The van der Waals surface area contributed by atoms with Crippen molar-refractivity contribution in [1.82, 2.24) is 15.2 Å². The maximum atomic E-state index is 12.1. The zero-order valence-corrected chi connectivity index (χ0v) is 23.4. The summed E-state index contributed by atoms with van der Waals surface area (Å²) in [7, 11) is 0. The average molecular weight is 565 g/mol. The quantitative estimate of drug-likeness (QED) is 0.446. The molecule has 1 saturated heterocycles. The number of amides is 2. The highest BCUT2D eigenvalue weighted by Gasteiger charge is 2.22. The number of hydrogen-bond acceptors (Lipinski definition) is 6. The van der Waals surface area contributed by atoms with Crippen LogP contribution in [-0.2, 0) is 9.59 Å². The second kappa shape index (κ2) is 15.0. The summed E-state index contributed by atoms with van der Waals surface area (Å²) in [5.41, 5.74) is 1.26. The summed E-state index contributed by atoms with van der Waals surface area (Å²) in [5, 5.41) is 16.0. The molecule has 3 N–H and O–H groups in total. The predicted octanol–water partition coefficient (Wildman–Crippen LogP) is 3.83. The first-order valence-electron chi connectivity index (χ1n) is 11.4. The molecule has 0 aliphatic carbocycles. The van der Waals surface area contributed by atoms with Crippen LogP contribution in [0.25, 0.3) is 10.9 Å². The summed E-state index contributed by atoms with van der Waals surface area (Å²) in [6, 6.07) is 6.85. The van der Waals surface area contributed by atoms with Crippen LogP contribution in [0.2, 0.25) is 0 Å². The molecular weight excluding hydrogens is 529 g/mol. The number of hydrogen-bond donors (Lipinski definition) is 3. The van der Waals surface area contributed by atoms with Crippen molar-refractivity contribution in [3.05, 3.63) is 29.8 Å². The van der Waals surface area contributed by atoms with Crippen LogP contribution in [0.15, 0.2) is 24.3 Å². The second-order valence-corrected chi connectivity index (χ2v) is 9.20. The van der Waals surface area contributed by atoms with E-state index in [9.17, 15) is 19.5 Å². The Balaban J connectivity index is 0.00000408. The highest BCUT2D eigenvalue weighted by atomic mass is 35.5. The molecule has 1 aromatic heterocycles. The predicted molar refractivity (Wildman–Crippen MR) is 150 cm³/mol. The molecule has 0 unspecified atom stereocenters. The van der Waals surface area contributed by atoms with Gasteiger partial charge in [-0.1, -0.05) is 13.8 Å². The minimum Gasteiger partial charge on any atom is -0.478 e. The number of nitrogens with zero attached hydrogens (tertiary/aromatic N) is 3. The van der Waals surface area contributed by atoms with Gasteiger partial charge < -0.3 is 20.6 Å². The first kappa shape index (κ1) is 33.7. The lowest BCUT2D eigenvalue weighted by Gasteiger charge is -2.35. The molecule has 36 heavy (non-hydrogen) atoms. The molecule has 0 atom stereocenters. The van der Waals surface area contributed by atoms with Gasteiger partial charge in [0.15, 0.2) is 0 Å². The van der Waals surface area contributed by atoms with Gasteiger partial charge in [0, 0.05) is 49.7 Å². The van der Waals surface area contributed by atoms with Crippen molar-refractivity contribution in [3.63, 3.8) is 0 Å². The highest BCUT2D eigenvalue weighted by Crippen LogP contribution is 2.27. The Morgan fingerprint density at radius 2 is 1.61 bits per heavy atom. The molecule has 2 amide bonds. The SMILES string of the molecule is CC(C)CC(=O)Nc1ccc2nc(N3CCN(CC(=O)NC(C)C)CC3)cc(C(=O)O)c2c1.Cl.Cl.Cl. The molecule has 0 spiro atoms. The summed E-state index contributed by atoms with van der Waals surface area (Å²) in [5.74, 6) is -0.312. The second-order valence-electron chi connectivity index (χ2n) is 9.20. The number of aromatic carboxylic acids is 1. The molecule has 0 radical (unpaired) electrons. The smallest absolute Gasteiger partial charge is 0.336 e. The van der Waals surface area contributed by atoms with Gasteiger partial charge >= 0.3 is 5.97 Å². The third kappa shape index (κ3) is 9.28. The highest BCUT2D eigenvalue weighted by molar-refractivity contribution is 6.05. The van der Waals surface area contributed by atoms with Crippen LogP contribution in [-0.4, -0.2) is 71.5 Å². The summed E-state index contributed by atoms with van der Waals surface area (Å²) in [4.78, 5) is 44.9. The Kier molecular flexibility index (Phi) is 14.1. The molecular formula is C24H36Cl3N5O4. The van der Waals surface area contributed by atoms with Gasteiger partial charge in [-0.15, -0.1) is 37.2 Å². The molecule has 12 heteroatoms. The van der Waals surface area contributed by atoms with Crippen molar-refractivity contribution in [3.8, 4) is 0 Å². The van der Waals surface area contributed by atoms with Gasteiger partial charge in [0.2, 0.25) is 11.8 Å². The molecule has 2 aromatic rings. The maximum Gasteiger partial charge on any atom is 0.336 e. The Hall–Kier alpha value is -2.33. The lowest BCUT2D eigenvalue weighted by atomic mass is 10.1. The van der Waals surface area contributed by atoms with E-state index in [1.54, 1.807) is 24.3 Å². The molecule has 1 aliphatic rings. The molecule has 1 aliphatic heterocycles. The van der Waals surface area contributed by atoms with Crippen LogP contribution in [0.3, 0.4) is 0 Å². The van der Waals surface area contributed by atoms with Gasteiger partial charge in [-0.05, 0) is 44.0 Å².